The van der Waals surface area contributed by atoms with Gasteiger partial charge < -0.3 is 15.0 Å². The Morgan fingerprint density at radius 3 is 2.91 bits per heavy atom. The van der Waals surface area contributed by atoms with Gasteiger partial charge in [-0.15, -0.1) is 0 Å². The van der Waals surface area contributed by atoms with Crippen LogP contribution in [0, 0.1) is 5.82 Å². The van der Waals surface area contributed by atoms with Gasteiger partial charge in [0.2, 0.25) is 5.91 Å². The van der Waals surface area contributed by atoms with Crippen molar-refractivity contribution in [2.24, 2.45) is 0 Å². The van der Waals surface area contributed by atoms with Crippen LogP contribution in [0.2, 0.25) is 0 Å². The second-order valence-corrected chi connectivity index (χ2v) is 8.28. The van der Waals surface area contributed by atoms with Gasteiger partial charge >= 0.3 is 0 Å². The lowest BCUT2D eigenvalue weighted by Crippen LogP contribution is -2.36. The smallest absolute Gasteiger partial charge is 0.272 e. The number of amides is 1. The van der Waals surface area contributed by atoms with Crippen molar-refractivity contribution in [1.29, 1.82) is 0 Å². The Hall–Kier alpha value is -3.49. The topological polar surface area (TPSA) is 100 Å². The summed E-state index contributed by atoms with van der Waals surface area (Å²) in [6, 6.07) is 3.07. The lowest BCUT2D eigenvalue weighted by molar-refractivity contribution is -0.129. The maximum Gasteiger partial charge on any atom is 0.272 e. The summed E-state index contributed by atoms with van der Waals surface area (Å²) in [6.07, 6.45) is 5.51. The van der Waals surface area contributed by atoms with E-state index >= 15 is 0 Å². The number of pyridine rings is 1. The van der Waals surface area contributed by atoms with Crippen LogP contribution >= 0.6 is 0 Å². The molecule has 0 saturated carbocycles. The zero-order valence-electron chi connectivity index (χ0n) is 17.8. The van der Waals surface area contributed by atoms with Gasteiger partial charge in [-0.25, -0.2) is 14.5 Å². The van der Waals surface area contributed by atoms with Gasteiger partial charge in [-0.1, -0.05) is 0 Å². The van der Waals surface area contributed by atoms with E-state index in [-0.39, 0.29) is 29.7 Å². The van der Waals surface area contributed by atoms with Gasteiger partial charge in [0.15, 0.2) is 0 Å². The number of ether oxygens (including phenoxy) is 1. The molecule has 2 aromatic heterocycles. The molecule has 9 heteroatoms. The lowest BCUT2D eigenvalue weighted by Gasteiger charge is -2.31. The van der Waals surface area contributed by atoms with Gasteiger partial charge in [0.05, 0.1) is 23.6 Å². The highest BCUT2D eigenvalue weighted by Gasteiger charge is 2.26. The van der Waals surface area contributed by atoms with Crippen molar-refractivity contribution in [3.05, 3.63) is 57.4 Å². The summed E-state index contributed by atoms with van der Waals surface area (Å²) in [6.45, 7) is 3.66. The molecule has 0 unspecified atom stereocenters. The van der Waals surface area contributed by atoms with Gasteiger partial charge in [-0.3, -0.25) is 9.59 Å². The molecule has 1 amide bonds. The summed E-state index contributed by atoms with van der Waals surface area (Å²) in [4.78, 5) is 30.8. The molecule has 0 bridgehead atoms. The van der Waals surface area contributed by atoms with Crippen molar-refractivity contribution in [1.82, 2.24) is 20.1 Å². The van der Waals surface area contributed by atoms with E-state index in [2.05, 4.69) is 20.5 Å². The highest BCUT2D eigenvalue weighted by atomic mass is 19.1. The fourth-order valence-corrected chi connectivity index (χ4v) is 4.77. The molecule has 2 aliphatic heterocycles. The molecule has 4 heterocycles. The van der Waals surface area contributed by atoms with Gasteiger partial charge in [-0.05, 0) is 36.5 Å². The molecule has 0 radical (unpaired) electrons. The minimum atomic E-state index is -0.295. The standard InChI is InChI=1S/C23H24FN5O3/c1-13(30)29-7-4-14(5-8-29)16-10-25-22(18-12-27-28-23(31)21(16)18)26-11-17-15-6-9-32-20(15)3-2-19(17)24/h2-3,10,12,14H,4-9,11H2,1H3,(H,25,26)(H,28,31). The van der Waals surface area contributed by atoms with Crippen LogP contribution in [0.1, 0.15) is 42.4 Å². The fourth-order valence-electron chi connectivity index (χ4n) is 4.77. The Morgan fingerprint density at radius 2 is 2.12 bits per heavy atom. The molecule has 2 N–H and O–H groups in total. The summed E-state index contributed by atoms with van der Waals surface area (Å²) in [5, 5.41) is 10.8. The van der Waals surface area contributed by atoms with Crippen molar-refractivity contribution in [3.63, 3.8) is 0 Å². The minimum absolute atomic E-state index is 0.0676. The third kappa shape index (κ3) is 3.57. The Labute approximate surface area is 183 Å². The molecule has 32 heavy (non-hydrogen) atoms. The number of likely N-dealkylation sites (tertiary alicyclic amines) is 1. The van der Waals surface area contributed by atoms with Crippen LogP contribution in [0.25, 0.3) is 10.8 Å². The monoisotopic (exact) mass is 437 g/mol. The zero-order chi connectivity index (χ0) is 22.2. The Kier molecular flexibility index (Phi) is 5.24. The first-order chi connectivity index (χ1) is 15.5. The molecular formula is C23H24FN5O3. The number of rotatable bonds is 4. The van der Waals surface area contributed by atoms with Crippen LogP contribution in [-0.4, -0.2) is 45.7 Å². The fraction of sp³-hybridized carbons (Fsp3) is 0.391. The number of carbonyl (C=O) groups excluding carboxylic acids is 1. The number of H-pyrrole nitrogens is 1. The van der Waals surface area contributed by atoms with E-state index in [4.69, 9.17) is 4.74 Å². The average Bonchev–Trinajstić information content (AvgIpc) is 3.27. The number of hydrogen-bond acceptors (Lipinski definition) is 6. The SMILES string of the molecule is CC(=O)N1CCC(c2cnc(NCc3c(F)ccc4c3CCO4)c3cn[nH]c(=O)c23)CC1. The quantitative estimate of drug-likeness (QED) is 0.651. The number of piperidine rings is 1. The predicted molar refractivity (Wildman–Crippen MR) is 117 cm³/mol. The molecule has 0 aliphatic carbocycles. The van der Waals surface area contributed by atoms with Crippen molar-refractivity contribution in [2.75, 3.05) is 25.0 Å². The van der Waals surface area contributed by atoms with Gasteiger partial charge in [0.25, 0.3) is 5.56 Å². The second-order valence-electron chi connectivity index (χ2n) is 8.28. The predicted octanol–water partition coefficient (Wildman–Crippen LogP) is 2.73. The van der Waals surface area contributed by atoms with Crippen LogP contribution in [0.4, 0.5) is 10.2 Å². The number of nitrogens with one attached hydrogen (secondary N) is 2. The van der Waals surface area contributed by atoms with Crippen molar-refractivity contribution >= 4 is 22.5 Å². The van der Waals surface area contributed by atoms with E-state index < -0.39 is 0 Å². The molecule has 1 aromatic carbocycles. The molecule has 3 aromatic rings. The number of nitrogens with zero attached hydrogens (tertiary/aromatic N) is 3. The van der Waals surface area contributed by atoms with E-state index in [1.54, 1.807) is 25.4 Å². The maximum absolute atomic E-state index is 14.5. The summed E-state index contributed by atoms with van der Waals surface area (Å²) in [5.74, 6) is 1.10. The highest BCUT2D eigenvalue weighted by molar-refractivity contribution is 5.93. The second kappa shape index (κ2) is 8.22. The van der Waals surface area contributed by atoms with Crippen molar-refractivity contribution in [2.45, 2.75) is 38.6 Å². The average molecular weight is 437 g/mol. The van der Waals surface area contributed by atoms with E-state index in [0.717, 1.165) is 24.0 Å². The molecule has 5 rings (SSSR count). The first kappa shape index (κ1) is 20.4. The van der Waals surface area contributed by atoms with Crippen molar-refractivity contribution in [3.8, 4) is 5.75 Å². The molecule has 8 nitrogen and oxygen atoms in total. The largest absolute Gasteiger partial charge is 0.493 e. The summed E-state index contributed by atoms with van der Waals surface area (Å²) in [7, 11) is 0. The van der Waals surface area contributed by atoms with Crippen LogP contribution in [0.3, 0.4) is 0 Å². The van der Waals surface area contributed by atoms with Gasteiger partial charge in [0.1, 0.15) is 17.4 Å². The van der Waals surface area contributed by atoms with E-state index in [9.17, 15) is 14.0 Å². The van der Waals surface area contributed by atoms with Gasteiger partial charge in [-0.2, -0.15) is 5.10 Å². The molecule has 0 atom stereocenters. The van der Waals surface area contributed by atoms with Crippen LogP contribution in [-0.2, 0) is 17.8 Å². The highest BCUT2D eigenvalue weighted by Crippen LogP contribution is 2.34. The molecule has 0 spiro atoms. The summed E-state index contributed by atoms with van der Waals surface area (Å²) < 4.78 is 20.1. The van der Waals surface area contributed by atoms with E-state index in [1.807, 2.05) is 4.90 Å². The van der Waals surface area contributed by atoms with Gasteiger partial charge in [0, 0.05) is 50.3 Å². The Bertz CT molecular complexity index is 1250. The maximum atomic E-state index is 14.5. The summed E-state index contributed by atoms with van der Waals surface area (Å²) >= 11 is 0. The van der Waals surface area contributed by atoms with Crippen LogP contribution in [0.15, 0.2) is 29.3 Å². The first-order valence-electron chi connectivity index (χ1n) is 10.8. The molecule has 166 valence electrons. The molecule has 2 aliphatic rings. The molecular weight excluding hydrogens is 413 g/mol. The normalized spacial score (nSPS) is 16.1. The number of carbonyl (C=O) groups is 1. The number of anilines is 1. The van der Waals surface area contributed by atoms with Crippen LogP contribution < -0.4 is 15.6 Å². The molecule has 1 fully saturated rings. The number of hydrogen-bond donors (Lipinski definition) is 2. The van der Waals surface area contributed by atoms with Crippen LogP contribution in [0.5, 0.6) is 5.75 Å². The van der Waals surface area contributed by atoms with Crippen molar-refractivity contribution < 1.29 is 13.9 Å². The third-order valence-corrected chi connectivity index (χ3v) is 6.49. The number of aromatic nitrogens is 3. The zero-order valence-corrected chi connectivity index (χ0v) is 17.8. The number of benzene rings is 1. The third-order valence-electron chi connectivity index (χ3n) is 6.49. The number of aromatic amines is 1. The first-order valence-corrected chi connectivity index (χ1v) is 10.8. The minimum Gasteiger partial charge on any atom is -0.493 e. The Balaban J connectivity index is 1.46. The lowest BCUT2D eigenvalue weighted by atomic mass is 9.88. The van der Waals surface area contributed by atoms with E-state index in [1.165, 1.54) is 6.07 Å². The summed E-state index contributed by atoms with van der Waals surface area (Å²) in [5.41, 5.74) is 2.00. The number of fused-ring (bicyclic) bond motifs is 2. The Morgan fingerprint density at radius 1 is 1.31 bits per heavy atom. The molecule has 1 saturated heterocycles. The number of halogens is 1. The van der Waals surface area contributed by atoms with E-state index in [0.29, 0.717) is 54.0 Å².